The minimum Gasteiger partial charge on any atom is -0.244 e. The molecule has 0 aliphatic heterocycles. The summed E-state index contributed by atoms with van der Waals surface area (Å²) in [6.07, 6.45) is 26.5. The zero-order chi connectivity index (χ0) is 15.1. The van der Waals surface area contributed by atoms with Crippen molar-refractivity contribution in [2.45, 2.75) is 69.5 Å². The van der Waals surface area contributed by atoms with E-state index in [0.29, 0.717) is 0 Å². The summed E-state index contributed by atoms with van der Waals surface area (Å²) in [5, 5.41) is 1.03. The van der Waals surface area contributed by atoms with E-state index < -0.39 is 10.0 Å². The molecule has 1 atom stereocenters. The first-order chi connectivity index (χ1) is 10.1. The first kappa shape index (κ1) is 17.2. The lowest BCUT2D eigenvalue weighted by molar-refractivity contribution is 0.438. The van der Waals surface area contributed by atoms with Crippen LogP contribution in [-0.4, -0.2) is 23.5 Å². The highest BCUT2D eigenvalue weighted by atomic mass is 32.3. The molecule has 2 rings (SSSR count). The second kappa shape index (κ2) is 8.46. The number of allylic oxidation sites excluding steroid dienone is 3. The molecule has 0 aromatic carbocycles. The average molecular weight is 309 g/mol. The van der Waals surface area contributed by atoms with Crippen molar-refractivity contribution in [3.63, 3.8) is 0 Å². The van der Waals surface area contributed by atoms with Crippen molar-refractivity contribution in [1.29, 1.82) is 0 Å². The van der Waals surface area contributed by atoms with Crippen LogP contribution >= 0.6 is 10.0 Å². The minimum atomic E-state index is -0.396. The Bertz CT molecular complexity index is 332. The lowest BCUT2D eigenvalue weighted by atomic mass is 9.91. The van der Waals surface area contributed by atoms with Crippen LogP contribution in [0.1, 0.15) is 64.2 Å². The van der Waals surface area contributed by atoms with Crippen molar-refractivity contribution < 1.29 is 0 Å². The molecule has 1 fully saturated rings. The van der Waals surface area contributed by atoms with E-state index in [9.17, 15) is 0 Å². The molecule has 0 aromatic heterocycles. The van der Waals surface area contributed by atoms with Gasteiger partial charge in [-0.2, -0.15) is 0 Å². The lowest BCUT2D eigenvalue weighted by Crippen LogP contribution is -2.23. The zero-order valence-electron chi connectivity index (χ0n) is 14.4. The molecule has 0 radical (unpaired) electrons. The van der Waals surface area contributed by atoms with Crippen LogP contribution in [0.3, 0.4) is 0 Å². The van der Waals surface area contributed by atoms with Crippen LogP contribution in [0.15, 0.2) is 24.8 Å². The van der Waals surface area contributed by atoms with Gasteiger partial charge in [-0.25, -0.2) is 10.0 Å². The third kappa shape index (κ3) is 5.51. The number of hydrogen-bond donors (Lipinski definition) is 0. The summed E-state index contributed by atoms with van der Waals surface area (Å²) in [5.74, 6) is 3.31. The highest BCUT2D eigenvalue weighted by Crippen LogP contribution is 2.51. The topological polar surface area (TPSA) is 0 Å². The zero-order valence-corrected chi connectivity index (χ0v) is 15.2. The van der Waals surface area contributed by atoms with E-state index in [1.807, 2.05) is 0 Å². The van der Waals surface area contributed by atoms with Gasteiger partial charge in [-0.1, -0.05) is 31.1 Å². The Morgan fingerprint density at radius 1 is 1.05 bits per heavy atom. The minimum absolute atomic E-state index is 0.396. The highest BCUT2D eigenvalue weighted by molar-refractivity contribution is 8.33. The van der Waals surface area contributed by atoms with Gasteiger partial charge < -0.3 is 0 Å². The normalized spacial score (nSPS) is 32.2. The van der Waals surface area contributed by atoms with E-state index in [1.54, 1.807) is 0 Å². The Morgan fingerprint density at radius 2 is 1.76 bits per heavy atom. The molecule has 2 aliphatic rings. The highest BCUT2D eigenvalue weighted by Gasteiger charge is 2.26. The molecule has 1 unspecified atom stereocenters. The largest absolute Gasteiger partial charge is 0.244 e. The maximum Gasteiger partial charge on any atom is -0.0117 e. The summed E-state index contributed by atoms with van der Waals surface area (Å²) in [6.45, 7) is 4.01. The third-order valence-electron chi connectivity index (χ3n) is 5.87. The van der Waals surface area contributed by atoms with Gasteiger partial charge in [0.2, 0.25) is 0 Å². The van der Waals surface area contributed by atoms with Gasteiger partial charge in [0.05, 0.1) is 0 Å². The lowest BCUT2D eigenvalue weighted by Gasteiger charge is -2.42. The van der Waals surface area contributed by atoms with E-state index in [1.165, 1.54) is 70.0 Å². The quantitative estimate of drug-likeness (QED) is 0.521. The molecule has 0 aromatic rings. The van der Waals surface area contributed by atoms with Gasteiger partial charge in [-0.3, -0.25) is 0 Å². The van der Waals surface area contributed by atoms with Gasteiger partial charge in [0.1, 0.15) is 0 Å². The smallest absolute Gasteiger partial charge is 0.0117 e. The number of rotatable bonds is 5. The van der Waals surface area contributed by atoms with Crippen molar-refractivity contribution in [2.24, 2.45) is 11.8 Å². The molecule has 0 bridgehead atoms. The van der Waals surface area contributed by atoms with Crippen molar-refractivity contribution in [1.82, 2.24) is 0 Å². The first-order valence-electron chi connectivity index (χ1n) is 9.09. The standard InChI is InChI=1S/C20H36S/c1-4-18-12-8-14-20(15-9-13-18)21(2,3)17-16-19-10-6-5-7-11-19/h4-6,18-20H,1,7-17H2,2-3H3. The van der Waals surface area contributed by atoms with E-state index >= 15 is 0 Å². The van der Waals surface area contributed by atoms with Crippen LogP contribution < -0.4 is 0 Å². The molecule has 0 saturated heterocycles. The van der Waals surface area contributed by atoms with Crippen molar-refractivity contribution in [3.05, 3.63) is 24.8 Å². The van der Waals surface area contributed by atoms with Gasteiger partial charge in [0, 0.05) is 0 Å². The van der Waals surface area contributed by atoms with Gasteiger partial charge in [0.25, 0.3) is 0 Å². The summed E-state index contributed by atoms with van der Waals surface area (Å²) >= 11 is 0. The Kier molecular flexibility index (Phi) is 6.92. The Balaban J connectivity index is 1.80. The van der Waals surface area contributed by atoms with Crippen LogP contribution in [0, 0.1) is 11.8 Å². The van der Waals surface area contributed by atoms with Crippen LogP contribution in [0.25, 0.3) is 0 Å². The molecular formula is C20H36S. The maximum absolute atomic E-state index is 4.01. The van der Waals surface area contributed by atoms with Crippen molar-refractivity contribution in [3.8, 4) is 0 Å². The van der Waals surface area contributed by atoms with Crippen LogP contribution in [0.2, 0.25) is 0 Å². The Labute approximate surface area is 134 Å². The monoisotopic (exact) mass is 308 g/mol. The van der Waals surface area contributed by atoms with Gasteiger partial charge in [-0.05, 0) is 86.7 Å². The molecule has 0 heterocycles. The maximum atomic E-state index is 4.01. The molecule has 0 N–H and O–H groups in total. The average Bonchev–Trinajstić information content (AvgIpc) is 2.46. The van der Waals surface area contributed by atoms with Gasteiger partial charge >= 0.3 is 0 Å². The molecule has 0 amide bonds. The van der Waals surface area contributed by atoms with E-state index in [-0.39, 0.29) is 0 Å². The fourth-order valence-electron chi connectivity index (χ4n) is 4.13. The predicted octanol–water partition coefficient (Wildman–Crippen LogP) is 6.32. The van der Waals surface area contributed by atoms with Crippen LogP contribution in [-0.2, 0) is 0 Å². The van der Waals surface area contributed by atoms with E-state index in [2.05, 4.69) is 37.3 Å². The van der Waals surface area contributed by atoms with E-state index in [0.717, 1.165) is 17.1 Å². The van der Waals surface area contributed by atoms with Crippen LogP contribution in [0.4, 0.5) is 0 Å². The molecule has 2 aliphatic carbocycles. The molecule has 0 nitrogen and oxygen atoms in total. The molecule has 1 heteroatoms. The SMILES string of the molecule is C=CC1CCCC(S(C)(C)CCC2CC=CCC2)CCC1. The summed E-state index contributed by atoms with van der Waals surface area (Å²) < 4.78 is 0. The van der Waals surface area contributed by atoms with Gasteiger partial charge in [-0.15, -0.1) is 6.58 Å². The summed E-state index contributed by atoms with van der Waals surface area (Å²) in [6, 6.07) is 0. The first-order valence-corrected chi connectivity index (χ1v) is 11.8. The summed E-state index contributed by atoms with van der Waals surface area (Å²) in [5.41, 5.74) is 0. The predicted molar refractivity (Wildman–Crippen MR) is 101 cm³/mol. The Morgan fingerprint density at radius 3 is 2.33 bits per heavy atom. The summed E-state index contributed by atoms with van der Waals surface area (Å²) in [7, 11) is -0.396. The molecule has 0 spiro atoms. The summed E-state index contributed by atoms with van der Waals surface area (Å²) in [4.78, 5) is 0. The fraction of sp³-hybridized carbons (Fsp3) is 0.800. The van der Waals surface area contributed by atoms with E-state index in [4.69, 9.17) is 0 Å². The number of hydrogen-bond acceptors (Lipinski definition) is 0. The van der Waals surface area contributed by atoms with Crippen molar-refractivity contribution >= 4 is 10.0 Å². The second-order valence-corrected chi connectivity index (χ2v) is 12.1. The van der Waals surface area contributed by atoms with Crippen molar-refractivity contribution in [2.75, 3.05) is 18.3 Å². The molecule has 122 valence electrons. The Hall–Kier alpha value is -0.170. The molecule has 1 saturated carbocycles. The fourth-order valence-corrected chi connectivity index (χ4v) is 7.02. The van der Waals surface area contributed by atoms with Crippen LogP contribution in [0.5, 0.6) is 0 Å². The van der Waals surface area contributed by atoms with Gasteiger partial charge in [0.15, 0.2) is 0 Å². The second-order valence-electron chi connectivity index (χ2n) is 7.75. The molecular weight excluding hydrogens is 272 g/mol. The third-order valence-corrected chi connectivity index (χ3v) is 9.43. The molecule has 21 heavy (non-hydrogen) atoms.